The van der Waals surface area contributed by atoms with Crippen molar-refractivity contribution >= 4 is 24.2 Å². The van der Waals surface area contributed by atoms with Crippen molar-refractivity contribution in [2.75, 3.05) is 13.2 Å². The molecule has 38 heavy (non-hydrogen) atoms. The molecule has 1 fully saturated rings. The average Bonchev–Trinajstić information content (AvgIpc) is 2.91. The predicted octanol–water partition coefficient (Wildman–Crippen LogP) is 5.12. The number of carbonyl (C=O) groups is 4. The maximum absolute atomic E-state index is 11.9. The van der Waals surface area contributed by atoms with Gasteiger partial charge in [-0.1, -0.05) is 49.2 Å². The van der Waals surface area contributed by atoms with Crippen LogP contribution in [0.4, 0.5) is 9.59 Å². The van der Waals surface area contributed by atoms with Gasteiger partial charge in [-0.05, 0) is 61.8 Å². The van der Waals surface area contributed by atoms with Crippen LogP contribution in [0.5, 0.6) is 0 Å². The van der Waals surface area contributed by atoms with E-state index in [2.05, 4.69) is 29.6 Å². The van der Waals surface area contributed by atoms with Crippen LogP contribution in [-0.4, -0.2) is 37.5 Å². The van der Waals surface area contributed by atoms with Crippen LogP contribution in [0.2, 0.25) is 0 Å². The van der Waals surface area contributed by atoms with Crippen LogP contribution in [-0.2, 0) is 39.1 Å². The van der Waals surface area contributed by atoms with Crippen molar-refractivity contribution in [3.8, 4) is 0 Å². The van der Waals surface area contributed by atoms with Gasteiger partial charge in [0, 0.05) is 0 Å². The Kier molecular flexibility index (Phi) is 10.9. The monoisotopic (exact) mass is 532 g/mol. The Morgan fingerprint density at radius 2 is 1.03 bits per heavy atom. The highest BCUT2D eigenvalue weighted by Gasteiger charge is 2.29. The zero-order valence-corrected chi connectivity index (χ0v) is 20.9. The normalized spacial score (nSPS) is 16.6. The standard InChI is InChI=1S/C26H28O12/c1-17-9-3-7-13-21(17)23(27)33-37-35-25(29)31-15-19-11-5-6-12-20(19)16-32-26(30)36-38-34-24(28)22-14-8-4-10-18(22)2/h3-4,7-10,13-14,19-20H,5-6,11-12,15-16H2,1-2H3. The molecule has 2 unspecified atom stereocenters. The minimum Gasteiger partial charge on any atom is -0.432 e. The zero-order valence-electron chi connectivity index (χ0n) is 20.9. The second-order valence-electron chi connectivity index (χ2n) is 8.60. The van der Waals surface area contributed by atoms with E-state index in [0.717, 1.165) is 12.8 Å². The van der Waals surface area contributed by atoms with Gasteiger partial charge in [-0.25, -0.2) is 29.0 Å². The molecule has 2 aromatic carbocycles. The molecule has 2 aromatic rings. The topological polar surface area (TPSA) is 142 Å². The van der Waals surface area contributed by atoms with Crippen LogP contribution in [0.1, 0.15) is 57.5 Å². The van der Waals surface area contributed by atoms with E-state index < -0.39 is 24.2 Å². The molecule has 12 heteroatoms. The molecule has 1 aliphatic carbocycles. The van der Waals surface area contributed by atoms with Gasteiger partial charge in [-0.2, -0.15) is 0 Å². The number of carbonyl (C=O) groups excluding carboxylic acids is 4. The molecule has 1 aliphatic rings. The van der Waals surface area contributed by atoms with Crippen LogP contribution < -0.4 is 0 Å². The van der Waals surface area contributed by atoms with Crippen molar-refractivity contribution in [1.82, 2.24) is 0 Å². The lowest BCUT2D eigenvalue weighted by Gasteiger charge is -2.30. The first kappa shape index (κ1) is 28.4. The van der Waals surface area contributed by atoms with Crippen LogP contribution in [0.25, 0.3) is 0 Å². The third-order valence-electron chi connectivity index (χ3n) is 6.05. The Morgan fingerprint density at radius 3 is 1.42 bits per heavy atom. The van der Waals surface area contributed by atoms with Crippen LogP contribution in [0.3, 0.4) is 0 Å². The molecule has 2 atom stereocenters. The SMILES string of the molecule is Cc1ccccc1C(=O)OOOC(=O)OCC1CCCCC1COC(=O)OOOC(=O)c1ccccc1C. The molecule has 0 N–H and O–H groups in total. The molecule has 1 saturated carbocycles. The van der Waals surface area contributed by atoms with E-state index in [1.807, 2.05) is 0 Å². The molecular formula is C26H28O12. The first-order valence-electron chi connectivity index (χ1n) is 11.9. The Morgan fingerprint density at radius 1 is 0.632 bits per heavy atom. The molecule has 0 radical (unpaired) electrons. The second kappa shape index (κ2) is 14.5. The smallest absolute Gasteiger partial charge is 0.432 e. The first-order valence-corrected chi connectivity index (χ1v) is 11.9. The third-order valence-corrected chi connectivity index (χ3v) is 6.05. The Bertz CT molecular complexity index is 1030. The fourth-order valence-electron chi connectivity index (χ4n) is 3.97. The van der Waals surface area contributed by atoms with Gasteiger partial charge in [0.25, 0.3) is 0 Å². The number of hydrogen-bond donors (Lipinski definition) is 0. The summed E-state index contributed by atoms with van der Waals surface area (Å²) in [7, 11) is 0. The Labute approximate surface area is 218 Å². The highest BCUT2D eigenvalue weighted by atomic mass is 17.5. The van der Waals surface area contributed by atoms with Gasteiger partial charge in [-0.3, -0.25) is 9.78 Å². The van der Waals surface area contributed by atoms with Crippen molar-refractivity contribution < 1.29 is 58.3 Å². The van der Waals surface area contributed by atoms with Gasteiger partial charge in [0.2, 0.25) is 0 Å². The minimum absolute atomic E-state index is 0.0401. The highest BCUT2D eigenvalue weighted by Crippen LogP contribution is 2.30. The molecule has 0 aromatic heterocycles. The highest BCUT2D eigenvalue weighted by molar-refractivity contribution is 5.91. The summed E-state index contributed by atoms with van der Waals surface area (Å²) in [4.78, 5) is 65.1. The van der Waals surface area contributed by atoms with Crippen LogP contribution in [0, 0.1) is 25.7 Å². The van der Waals surface area contributed by atoms with Gasteiger partial charge in [0.1, 0.15) is 0 Å². The van der Waals surface area contributed by atoms with Gasteiger partial charge in [-0.15, -0.1) is 0 Å². The van der Waals surface area contributed by atoms with E-state index in [-0.39, 0.29) is 36.2 Å². The third kappa shape index (κ3) is 8.75. The van der Waals surface area contributed by atoms with Gasteiger partial charge in [0.15, 0.2) is 0 Å². The van der Waals surface area contributed by atoms with E-state index in [4.69, 9.17) is 9.47 Å². The summed E-state index contributed by atoms with van der Waals surface area (Å²) >= 11 is 0. The molecule has 0 bridgehead atoms. The molecule has 0 saturated heterocycles. The Balaban J connectivity index is 1.33. The lowest BCUT2D eigenvalue weighted by Crippen LogP contribution is -2.30. The number of rotatable bonds is 10. The molecule has 0 amide bonds. The summed E-state index contributed by atoms with van der Waals surface area (Å²) in [5, 5.41) is 8.48. The molecule has 0 spiro atoms. The largest absolute Gasteiger partial charge is 0.543 e. The summed E-state index contributed by atoms with van der Waals surface area (Å²) in [6, 6.07) is 13.3. The average molecular weight is 532 g/mol. The molecule has 0 aliphatic heterocycles. The van der Waals surface area contributed by atoms with Gasteiger partial charge in [0.05, 0.1) is 34.4 Å². The van der Waals surface area contributed by atoms with E-state index in [1.165, 1.54) is 12.1 Å². The summed E-state index contributed by atoms with van der Waals surface area (Å²) in [5.74, 6) is -1.95. The van der Waals surface area contributed by atoms with Crippen molar-refractivity contribution in [3.63, 3.8) is 0 Å². The van der Waals surface area contributed by atoms with Crippen molar-refractivity contribution in [1.29, 1.82) is 0 Å². The second-order valence-corrected chi connectivity index (χ2v) is 8.60. The lowest BCUT2D eigenvalue weighted by atomic mass is 9.80. The number of ether oxygens (including phenoxy) is 2. The molecule has 12 nitrogen and oxygen atoms in total. The summed E-state index contributed by atoms with van der Waals surface area (Å²) in [6.45, 7) is 3.34. The van der Waals surface area contributed by atoms with E-state index in [1.54, 1.807) is 50.2 Å². The maximum atomic E-state index is 11.9. The predicted molar refractivity (Wildman–Crippen MR) is 126 cm³/mol. The number of aryl methyl sites for hydroxylation is 2. The van der Waals surface area contributed by atoms with Crippen molar-refractivity contribution in [3.05, 3.63) is 70.8 Å². The fourth-order valence-corrected chi connectivity index (χ4v) is 3.97. The van der Waals surface area contributed by atoms with Crippen LogP contribution in [0.15, 0.2) is 48.5 Å². The molecular weight excluding hydrogens is 504 g/mol. The summed E-state index contributed by atoms with van der Waals surface area (Å²) in [6.07, 6.45) is 0.819. The van der Waals surface area contributed by atoms with E-state index in [0.29, 0.717) is 24.0 Å². The maximum Gasteiger partial charge on any atom is 0.543 e. The molecule has 0 heterocycles. The van der Waals surface area contributed by atoms with Crippen molar-refractivity contribution in [2.45, 2.75) is 39.5 Å². The summed E-state index contributed by atoms with van der Waals surface area (Å²) < 4.78 is 10.1. The number of benzene rings is 2. The lowest BCUT2D eigenvalue weighted by molar-refractivity contribution is -0.453. The Hall–Kier alpha value is -4.16. The summed E-state index contributed by atoms with van der Waals surface area (Å²) in [5.41, 5.74) is 1.83. The minimum atomic E-state index is -1.20. The van der Waals surface area contributed by atoms with Crippen molar-refractivity contribution in [2.24, 2.45) is 11.8 Å². The number of hydrogen-bond acceptors (Lipinski definition) is 12. The fraction of sp³-hybridized carbons (Fsp3) is 0.385. The van der Waals surface area contributed by atoms with E-state index in [9.17, 15) is 19.2 Å². The first-order chi connectivity index (χ1) is 18.3. The molecule has 204 valence electrons. The van der Waals surface area contributed by atoms with Gasteiger partial charge >= 0.3 is 24.2 Å². The zero-order chi connectivity index (χ0) is 27.3. The van der Waals surface area contributed by atoms with Crippen LogP contribution >= 0.6 is 0 Å². The quantitative estimate of drug-likeness (QED) is 0.227. The molecule has 3 rings (SSSR count). The van der Waals surface area contributed by atoms with Gasteiger partial charge < -0.3 is 9.47 Å². The van der Waals surface area contributed by atoms with E-state index >= 15 is 0 Å².